The summed E-state index contributed by atoms with van der Waals surface area (Å²) in [6.07, 6.45) is 1.29. The van der Waals surface area contributed by atoms with Gasteiger partial charge in [-0.25, -0.2) is 4.79 Å². The molecular formula is C34H45F3N4O2S. The maximum absolute atomic E-state index is 13.0. The summed E-state index contributed by atoms with van der Waals surface area (Å²) in [5, 5.41) is 4.35. The van der Waals surface area contributed by atoms with E-state index in [0.717, 1.165) is 79.2 Å². The molecule has 44 heavy (non-hydrogen) atoms. The summed E-state index contributed by atoms with van der Waals surface area (Å²) in [5.74, 6) is 1.29. The van der Waals surface area contributed by atoms with E-state index in [4.69, 9.17) is 4.74 Å². The van der Waals surface area contributed by atoms with Crippen LogP contribution in [-0.4, -0.2) is 60.1 Å². The number of nitrogens with zero attached hydrogens (tertiary/aromatic N) is 3. The fraction of sp³-hybridized carbons (Fsp3) is 0.529. The Bertz CT molecular complexity index is 1400. The highest BCUT2D eigenvalue weighted by molar-refractivity contribution is 7.99. The molecule has 1 aliphatic rings. The molecule has 1 saturated heterocycles. The summed E-state index contributed by atoms with van der Waals surface area (Å²) < 4.78 is 44.7. The first kappa shape index (κ1) is 33.7. The number of amides is 1. The van der Waals surface area contributed by atoms with Crippen molar-refractivity contribution < 1.29 is 22.7 Å². The lowest BCUT2D eigenvalue weighted by Gasteiger charge is -2.38. The number of pyridine rings is 1. The van der Waals surface area contributed by atoms with Crippen LogP contribution in [0.2, 0.25) is 0 Å². The zero-order valence-electron chi connectivity index (χ0n) is 26.5. The largest absolute Gasteiger partial charge is 0.444 e. The Kier molecular flexibility index (Phi) is 11.3. The van der Waals surface area contributed by atoms with Crippen LogP contribution in [-0.2, 0) is 10.9 Å². The van der Waals surface area contributed by atoms with Gasteiger partial charge < -0.3 is 19.9 Å². The van der Waals surface area contributed by atoms with E-state index in [1.165, 1.54) is 17.3 Å². The number of carbonyl (C=O) groups is 1. The molecule has 240 valence electrons. The number of rotatable bonds is 11. The molecule has 1 aliphatic heterocycles. The summed E-state index contributed by atoms with van der Waals surface area (Å²) >= 11 is 1.68. The van der Waals surface area contributed by atoms with Crippen LogP contribution in [0.5, 0.6) is 0 Å². The molecule has 4 rings (SSSR count). The van der Waals surface area contributed by atoms with Crippen LogP contribution >= 0.6 is 11.8 Å². The van der Waals surface area contributed by atoms with Crippen LogP contribution in [0.15, 0.2) is 53.6 Å². The van der Waals surface area contributed by atoms with E-state index < -0.39 is 17.3 Å². The van der Waals surface area contributed by atoms with Gasteiger partial charge in [-0.15, -0.1) is 11.8 Å². The van der Waals surface area contributed by atoms with Gasteiger partial charge in [0.2, 0.25) is 0 Å². The van der Waals surface area contributed by atoms with E-state index in [1.54, 1.807) is 22.9 Å². The fourth-order valence-electron chi connectivity index (χ4n) is 5.29. The second-order valence-corrected chi connectivity index (χ2v) is 13.7. The molecule has 3 aromatic rings. The number of unbranched alkanes of at least 4 members (excludes halogenated alkanes) is 3. The summed E-state index contributed by atoms with van der Waals surface area (Å²) in [5.41, 5.74) is 2.88. The molecule has 0 spiro atoms. The van der Waals surface area contributed by atoms with Crippen molar-refractivity contribution >= 4 is 40.1 Å². The molecule has 1 amide bonds. The van der Waals surface area contributed by atoms with Crippen molar-refractivity contribution in [1.29, 1.82) is 0 Å². The number of aromatic nitrogens is 1. The summed E-state index contributed by atoms with van der Waals surface area (Å²) in [6, 6.07) is 12.3. The van der Waals surface area contributed by atoms with E-state index in [2.05, 4.69) is 47.2 Å². The minimum Gasteiger partial charge on any atom is -0.444 e. The number of carbonyl (C=O) groups excluding carboxylic acids is 1. The predicted molar refractivity (Wildman–Crippen MR) is 175 cm³/mol. The molecule has 0 aliphatic carbocycles. The van der Waals surface area contributed by atoms with E-state index in [1.807, 2.05) is 26.8 Å². The SMILES string of the molecule is CC(C)c1cc(NCCCCCCSc2ccnc3cc(C(F)(F)F)ccc23)ccc1N1CCN(C(=O)OC(C)(C)C)CC1. The van der Waals surface area contributed by atoms with Gasteiger partial charge in [0.1, 0.15) is 5.60 Å². The van der Waals surface area contributed by atoms with E-state index in [0.29, 0.717) is 24.5 Å². The number of anilines is 2. The second kappa shape index (κ2) is 14.8. The first-order chi connectivity index (χ1) is 20.8. The number of thioether (sulfide) groups is 1. The van der Waals surface area contributed by atoms with Crippen molar-refractivity contribution in [2.75, 3.05) is 48.7 Å². The predicted octanol–water partition coefficient (Wildman–Crippen LogP) is 9.20. The van der Waals surface area contributed by atoms with Gasteiger partial charge in [0.05, 0.1) is 11.1 Å². The number of fused-ring (bicyclic) bond motifs is 1. The third kappa shape index (κ3) is 9.43. The maximum atomic E-state index is 13.0. The Morgan fingerprint density at radius 3 is 2.39 bits per heavy atom. The Morgan fingerprint density at radius 2 is 1.70 bits per heavy atom. The topological polar surface area (TPSA) is 57.7 Å². The number of hydrogen-bond donors (Lipinski definition) is 1. The lowest BCUT2D eigenvalue weighted by atomic mass is 9.99. The van der Waals surface area contributed by atoms with Crippen LogP contribution in [0, 0.1) is 0 Å². The summed E-state index contributed by atoms with van der Waals surface area (Å²) in [6.45, 7) is 13.8. The van der Waals surface area contributed by atoms with Gasteiger partial charge in [-0.1, -0.05) is 32.8 Å². The summed E-state index contributed by atoms with van der Waals surface area (Å²) in [7, 11) is 0. The van der Waals surface area contributed by atoms with E-state index >= 15 is 0 Å². The molecule has 1 N–H and O–H groups in total. The van der Waals surface area contributed by atoms with Crippen molar-refractivity contribution in [2.24, 2.45) is 0 Å². The smallest absolute Gasteiger partial charge is 0.416 e. The molecule has 1 fully saturated rings. The second-order valence-electron chi connectivity index (χ2n) is 12.6. The third-order valence-corrected chi connectivity index (χ3v) is 8.77. The summed E-state index contributed by atoms with van der Waals surface area (Å²) in [4.78, 5) is 21.7. The van der Waals surface area contributed by atoms with Crippen LogP contribution in [0.1, 0.15) is 77.3 Å². The molecule has 6 nitrogen and oxygen atoms in total. The van der Waals surface area contributed by atoms with Crippen molar-refractivity contribution in [3.8, 4) is 0 Å². The average molecular weight is 631 g/mol. The average Bonchev–Trinajstić information content (AvgIpc) is 2.97. The van der Waals surface area contributed by atoms with Gasteiger partial charge in [0, 0.05) is 60.6 Å². The van der Waals surface area contributed by atoms with Crippen molar-refractivity contribution in [2.45, 2.75) is 82.9 Å². The number of ether oxygens (including phenoxy) is 1. The normalized spacial score (nSPS) is 14.4. The number of nitrogens with one attached hydrogen (secondary N) is 1. The Morgan fingerprint density at radius 1 is 0.977 bits per heavy atom. The van der Waals surface area contributed by atoms with Gasteiger partial charge in [0.15, 0.2) is 0 Å². The van der Waals surface area contributed by atoms with E-state index in [-0.39, 0.29) is 6.09 Å². The monoisotopic (exact) mass is 630 g/mol. The standard InChI is InChI=1S/C34H45F3N4O2S/c1-24(2)28-23-26(11-13-30(28)40-17-19-41(20-18-40)32(42)43-33(3,4)5)38-15-8-6-7-9-21-44-31-14-16-39-29-22-25(34(35,36)37)10-12-27(29)31/h10-14,16,22-24,38H,6-9,15,17-21H2,1-5H3. The van der Waals surface area contributed by atoms with Crippen molar-refractivity contribution in [3.63, 3.8) is 0 Å². The number of hydrogen-bond acceptors (Lipinski definition) is 6. The minimum atomic E-state index is -4.37. The Hall–Kier alpha value is -3.14. The number of alkyl halides is 3. The zero-order valence-corrected chi connectivity index (χ0v) is 27.3. The molecular weight excluding hydrogens is 585 g/mol. The van der Waals surface area contributed by atoms with Crippen LogP contribution in [0.25, 0.3) is 10.9 Å². The zero-order chi connectivity index (χ0) is 31.9. The van der Waals surface area contributed by atoms with Gasteiger partial charge >= 0.3 is 12.3 Å². The lowest BCUT2D eigenvalue weighted by molar-refractivity contribution is -0.137. The van der Waals surface area contributed by atoms with Gasteiger partial charge in [-0.3, -0.25) is 4.98 Å². The molecule has 2 heterocycles. The molecule has 0 bridgehead atoms. The minimum absolute atomic E-state index is 0.243. The fourth-order valence-corrected chi connectivity index (χ4v) is 6.34. The van der Waals surface area contributed by atoms with Crippen molar-refractivity contribution in [3.05, 3.63) is 59.8 Å². The third-order valence-electron chi connectivity index (χ3n) is 7.61. The Labute approximate surface area is 263 Å². The van der Waals surface area contributed by atoms with Gasteiger partial charge in [-0.2, -0.15) is 13.2 Å². The molecule has 0 saturated carbocycles. The number of benzene rings is 2. The highest BCUT2D eigenvalue weighted by Crippen LogP contribution is 2.34. The first-order valence-electron chi connectivity index (χ1n) is 15.5. The van der Waals surface area contributed by atoms with E-state index in [9.17, 15) is 18.0 Å². The number of halogens is 3. The molecule has 2 aromatic carbocycles. The lowest BCUT2D eigenvalue weighted by Crippen LogP contribution is -2.50. The quantitative estimate of drug-likeness (QED) is 0.168. The molecule has 10 heteroatoms. The highest BCUT2D eigenvalue weighted by atomic mass is 32.2. The molecule has 0 radical (unpaired) electrons. The molecule has 0 atom stereocenters. The first-order valence-corrected chi connectivity index (χ1v) is 16.5. The van der Waals surface area contributed by atoms with Gasteiger partial charge in [0.25, 0.3) is 0 Å². The molecule has 1 aromatic heterocycles. The van der Waals surface area contributed by atoms with Crippen LogP contribution in [0.3, 0.4) is 0 Å². The highest BCUT2D eigenvalue weighted by Gasteiger charge is 2.31. The maximum Gasteiger partial charge on any atom is 0.416 e. The van der Waals surface area contributed by atoms with Crippen LogP contribution in [0.4, 0.5) is 29.3 Å². The Balaban J connectivity index is 1.18. The van der Waals surface area contributed by atoms with Crippen molar-refractivity contribution in [1.82, 2.24) is 9.88 Å². The van der Waals surface area contributed by atoms with Gasteiger partial charge in [-0.05, 0) is 87.2 Å². The molecule has 0 unspecified atom stereocenters. The number of piperazine rings is 1. The van der Waals surface area contributed by atoms with Crippen LogP contribution < -0.4 is 10.2 Å².